The Morgan fingerprint density at radius 3 is 2.68 bits per heavy atom. The molecular weight excluding hydrogens is 514 g/mol. The summed E-state index contributed by atoms with van der Waals surface area (Å²) in [5.41, 5.74) is 2.71. The zero-order valence-electron chi connectivity index (χ0n) is 25.0. The number of amides is 1. The second kappa shape index (κ2) is 12.7. The summed E-state index contributed by atoms with van der Waals surface area (Å²) < 4.78 is 5.63. The van der Waals surface area contributed by atoms with Gasteiger partial charge in [-0.15, -0.1) is 0 Å². The Morgan fingerprint density at radius 1 is 1.17 bits per heavy atom. The van der Waals surface area contributed by atoms with E-state index in [2.05, 4.69) is 40.3 Å². The second-order valence-corrected chi connectivity index (χ2v) is 12.3. The molecule has 220 valence electrons. The minimum absolute atomic E-state index is 0.0921. The number of rotatable bonds is 13. The lowest BCUT2D eigenvalue weighted by atomic mass is 9.81. The van der Waals surface area contributed by atoms with Crippen LogP contribution < -0.4 is 10.1 Å². The number of ether oxygens (including phenoxy) is 1. The first-order valence-corrected chi connectivity index (χ1v) is 15.3. The van der Waals surface area contributed by atoms with Crippen LogP contribution in [0.25, 0.3) is 22.2 Å². The van der Waals surface area contributed by atoms with Crippen molar-refractivity contribution >= 4 is 22.6 Å². The lowest BCUT2D eigenvalue weighted by Crippen LogP contribution is -2.36. The number of benzene rings is 1. The molecule has 0 saturated heterocycles. The van der Waals surface area contributed by atoms with Crippen molar-refractivity contribution in [3.05, 3.63) is 42.4 Å². The van der Waals surface area contributed by atoms with Crippen LogP contribution >= 0.6 is 0 Å². The molecule has 5 rings (SSSR count). The molecule has 1 aromatic carbocycles. The van der Waals surface area contributed by atoms with Gasteiger partial charge in [0.15, 0.2) is 0 Å². The molecule has 8 heteroatoms. The number of carbonyl (C=O) groups excluding carboxylic acids is 2. The number of hydrogen-bond acceptors (Lipinski definition) is 6. The third kappa shape index (κ3) is 6.64. The number of fused-ring (bicyclic) bond motifs is 1. The molecule has 41 heavy (non-hydrogen) atoms. The first-order chi connectivity index (χ1) is 19.8. The molecule has 3 aromatic rings. The number of carbonyl (C=O) groups is 2. The largest absolute Gasteiger partial charge is 0.480 e. The fourth-order valence-corrected chi connectivity index (χ4v) is 6.64. The summed E-state index contributed by atoms with van der Waals surface area (Å²) >= 11 is 0. The molecule has 1 amide bonds. The summed E-state index contributed by atoms with van der Waals surface area (Å²) in [6.07, 6.45) is 12.1. The summed E-state index contributed by atoms with van der Waals surface area (Å²) in [7, 11) is 5.94. The summed E-state index contributed by atoms with van der Waals surface area (Å²) in [4.78, 5) is 40.6. The molecule has 8 nitrogen and oxygen atoms in total. The Labute approximate surface area is 243 Å². The van der Waals surface area contributed by atoms with Crippen molar-refractivity contribution < 1.29 is 14.3 Å². The number of H-pyrrole nitrogens is 1. The smallest absolute Gasteiger partial charge is 0.224 e. The van der Waals surface area contributed by atoms with Crippen LogP contribution in [0.3, 0.4) is 0 Å². The van der Waals surface area contributed by atoms with E-state index in [1.165, 1.54) is 12.8 Å². The topological polar surface area (TPSA) is 100 Å². The molecule has 2 aliphatic carbocycles. The number of methoxy groups -OCH3 is 1. The Bertz CT molecular complexity index is 1360. The van der Waals surface area contributed by atoms with Gasteiger partial charge in [0.1, 0.15) is 11.6 Å². The maximum atomic E-state index is 13.6. The molecule has 0 aliphatic heterocycles. The highest BCUT2D eigenvalue weighted by atomic mass is 16.5. The van der Waals surface area contributed by atoms with Crippen LogP contribution in [0.15, 0.2) is 36.5 Å². The van der Waals surface area contributed by atoms with Gasteiger partial charge in [-0.3, -0.25) is 9.59 Å². The lowest BCUT2D eigenvalue weighted by Gasteiger charge is -2.33. The molecule has 2 fully saturated rings. The highest BCUT2D eigenvalue weighted by Gasteiger charge is 2.58. The van der Waals surface area contributed by atoms with Crippen molar-refractivity contribution in [2.45, 2.75) is 89.6 Å². The number of aromatic amines is 1. The van der Waals surface area contributed by atoms with Crippen molar-refractivity contribution in [1.29, 1.82) is 0 Å². The molecule has 2 aliphatic rings. The van der Waals surface area contributed by atoms with E-state index >= 15 is 0 Å². The van der Waals surface area contributed by atoms with Gasteiger partial charge in [-0.2, -0.15) is 0 Å². The third-order valence-corrected chi connectivity index (χ3v) is 9.44. The molecule has 2 heterocycles. The first-order valence-electron chi connectivity index (χ1n) is 15.3. The van der Waals surface area contributed by atoms with Crippen molar-refractivity contribution in [3.8, 4) is 17.1 Å². The van der Waals surface area contributed by atoms with Crippen LogP contribution in [0.5, 0.6) is 5.88 Å². The Kier molecular flexibility index (Phi) is 9.07. The van der Waals surface area contributed by atoms with E-state index in [0.29, 0.717) is 30.5 Å². The molecule has 2 atom stereocenters. The van der Waals surface area contributed by atoms with E-state index < -0.39 is 0 Å². The van der Waals surface area contributed by atoms with E-state index in [-0.39, 0.29) is 23.3 Å². The fourth-order valence-electron chi connectivity index (χ4n) is 6.64. The van der Waals surface area contributed by atoms with Gasteiger partial charge in [-0.25, -0.2) is 9.97 Å². The number of imidazole rings is 1. The molecule has 2 N–H and O–H groups in total. The van der Waals surface area contributed by atoms with Gasteiger partial charge < -0.3 is 19.9 Å². The quantitative estimate of drug-likeness (QED) is 0.241. The van der Waals surface area contributed by atoms with E-state index in [1.807, 2.05) is 37.4 Å². The monoisotopic (exact) mass is 559 g/mol. The number of unbranched alkanes of at least 4 members (excludes halogenated alkanes) is 2. The zero-order chi connectivity index (χ0) is 29.0. The second-order valence-electron chi connectivity index (χ2n) is 12.3. The summed E-state index contributed by atoms with van der Waals surface area (Å²) in [5.74, 6) is 1.84. The van der Waals surface area contributed by atoms with Crippen molar-refractivity contribution in [3.63, 3.8) is 0 Å². The van der Waals surface area contributed by atoms with Gasteiger partial charge in [0.2, 0.25) is 11.8 Å². The van der Waals surface area contributed by atoms with Crippen LogP contribution in [-0.4, -0.2) is 58.8 Å². The van der Waals surface area contributed by atoms with E-state index in [4.69, 9.17) is 9.72 Å². The number of pyridine rings is 1. The SMILES string of the molecule is CCC(=O)CCCCCC(NC(=O)C1CC12CCC(N(C)C)CC2)c1ncc(-c2cc3ccccc3nc2OC)[nH]1. The van der Waals surface area contributed by atoms with E-state index in [1.54, 1.807) is 7.11 Å². The standard InChI is InChI=1S/C33H45N5O3/c1-5-24(39)12-7-6-8-14-28(36-31(40)26-20-33(26)17-15-23(16-18-33)38(2)3)30-34-21-29(35-30)25-19-22-11-9-10-13-27(22)37-32(25)41-4/h9-11,13,19,21,23,26,28H,5-8,12,14-18,20H2,1-4H3,(H,34,35)(H,36,40). The molecule has 1 spiro atoms. The van der Waals surface area contributed by atoms with Crippen molar-refractivity contribution in [2.24, 2.45) is 11.3 Å². The van der Waals surface area contributed by atoms with Gasteiger partial charge in [0, 0.05) is 30.2 Å². The highest BCUT2D eigenvalue weighted by Crippen LogP contribution is 2.61. The average molecular weight is 560 g/mol. The third-order valence-electron chi connectivity index (χ3n) is 9.44. The van der Waals surface area contributed by atoms with Crippen molar-refractivity contribution in [1.82, 2.24) is 25.2 Å². The molecule has 0 bridgehead atoms. The van der Waals surface area contributed by atoms with E-state index in [9.17, 15) is 9.59 Å². The number of para-hydroxylation sites is 1. The molecule has 2 saturated carbocycles. The minimum Gasteiger partial charge on any atom is -0.480 e. The number of nitrogens with one attached hydrogen (secondary N) is 2. The van der Waals surface area contributed by atoms with Gasteiger partial charge in [0.05, 0.1) is 36.1 Å². The lowest BCUT2D eigenvalue weighted by molar-refractivity contribution is -0.124. The van der Waals surface area contributed by atoms with Crippen LogP contribution in [0.2, 0.25) is 0 Å². The maximum absolute atomic E-state index is 13.6. The molecule has 2 aromatic heterocycles. The summed E-state index contributed by atoms with van der Waals surface area (Å²) in [6.45, 7) is 1.92. The van der Waals surface area contributed by atoms with Crippen LogP contribution in [-0.2, 0) is 9.59 Å². The van der Waals surface area contributed by atoms with Crippen LogP contribution in [0.1, 0.15) is 89.4 Å². The molecule has 2 unspecified atom stereocenters. The van der Waals surface area contributed by atoms with E-state index in [0.717, 1.165) is 72.9 Å². The number of Topliss-reactive ketones (excluding diaryl/α,β-unsaturated/α-hetero) is 1. The fraction of sp³-hybridized carbons (Fsp3) is 0.576. The Morgan fingerprint density at radius 2 is 1.95 bits per heavy atom. The zero-order valence-corrected chi connectivity index (χ0v) is 25.0. The number of hydrogen-bond donors (Lipinski definition) is 2. The van der Waals surface area contributed by atoms with Crippen LogP contribution in [0.4, 0.5) is 0 Å². The predicted octanol–water partition coefficient (Wildman–Crippen LogP) is 6.23. The predicted molar refractivity (Wildman–Crippen MR) is 162 cm³/mol. The summed E-state index contributed by atoms with van der Waals surface area (Å²) in [5, 5.41) is 4.40. The first kappa shape index (κ1) is 29.2. The number of ketones is 1. The van der Waals surface area contributed by atoms with Gasteiger partial charge in [0.25, 0.3) is 0 Å². The molecule has 0 radical (unpaired) electrons. The maximum Gasteiger partial charge on any atom is 0.224 e. The summed E-state index contributed by atoms with van der Waals surface area (Å²) in [6, 6.07) is 10.4. The van der Waals surface area contributed by atoms with Gasteiger partial charge in [-0.1, -0.05) is 38.0 Å². The Balaban J connectivity index is 1.30. The minimum atomic E-state index is -0.215. The van der Waals surface area contributed by atoms with Crippen molar-refractivity contribution in [2.75, 3.05) is 21.2 Å². The Hall–Kier alpha value is -3.26. The number of aromatic nitrogens is 3. The number of nitrogens with zero attached hydrogens (tertiary/aromatic N) is 3. The highest BCUT2D eigenvalue weighted by molar-refractivity contribution is 5.85. The average Bonchev–Trinajstić information content (AvgIpc) is 3.45. The molecular formula is C33H45N5O3. The van der Waals surface area contributed by atoms with Gasteiger partial charge in [-0.05, 0) is 76.6 Å². The van der Waals surface area contributed by atoms with Gasteiger partial charge >= 0.3 is 0 Å². The van der Waals surface area contributed by atoms with Crippen LogP contribution in [0, 0.1) is 11.3 Å². The normalized spacial score (nSPS) is 22.7.